The van der Waals surface area contributed by atoms with Gasteiger partial charge >= 0.3 is 0 Å². The van der Waals surface area contributed by atoms with Crippen molar-refractivity contribution in [1.29, 1.82) is 0 Å². The summed E-state index contributed by atoms with van der Waals surface area (Å²) in [7, 11) is 0. The number of ether oxygens (including phenoxy) is 1. The van der Waals surface area contributed by atoms with E-state index in [4.69, 9.17) is 4.74 Å². The van der Waals surface area contributed by atoms with E-state index in [9.17, 15) is 4.79 Å². The largest absolute Gasteiger partial charge is 0.381 e. The molecule has 92 valence electrons. The topological polar surface area (TPSA) is 26.3 Å². The van der Waals surface area contributed by atoms with Gasteiger partial charge in [-0.15, -0.1) is 0 Å². The smallest absolute Gasteiger partial charge is 0.124 e. The average molecular weight is 232 g/mol. The maximum absolute atomic E-state index is 10.4. The molecule has 2 nitrogen and oxygen atoms in total. The fourth-order valence-electron chi connectivity index (χ4n) is 2.11. The highest BCUT2D eigenvalue weighted by Gasteiger charge is 2.16. The molecule has 2 heteroatoms. The Labute approximate surface area is 103 Å². The Balaban J connectivity index is 1.69. The van der Waals surface area contributed by atoms with Crippen LogP contribution in [-0.4, -0.2) is 19.5 Å². The minimum atomic E-state index is 0.511. The quantitative estimate of drug-likeness (QED) is 0.534. The van der Waals surface area contributed by atoms with Gasteiger partial charge in [0.1, 0.15) is 6.29 Å². The van der Waals surface area contributed by atoms with Crippen molar-refractivity contribution in [2.75, 3.05) is 13.2 Å². The second-order valence-corrected chi connectivity index (χ2v) is 4.81. The van der Waals surface area contributed by atoms with Crippen LogP contribution in [0, 0.1) is 5.92 Å². The molecule has 0 amide bonds. The van der Waals surface area contributed by atoms with Crippen molar-refractivity contribution >= 4 is 6.29 Å². The molecule has 2 rings (SSSR count). The van der Waals surface area contributed by atoms with Crippen LogP contribution in [-0.2, 0) is 22.4 Å². The van der Waals surface area contributed by atoms with E-state index in [0.29, 0.717) is 6.42 Å². The van der Waals surface area contributed by atoms with Gasteiger partial charge in [0.05, 0.1) is 6.61 Å². The first-order valence-electron chi connectivity index (χ1n) is 6.47. The van der Waals surface area contributed by atoms with Gasteiger partial charge in [-0.1, -0.05) is 30.7 Å². The van der Waals surface area contributed by atoms with Crippen molar-refractivity contribution < 1.29 is 9.53 Å². The molecule has 1 aliphatic carbocycles. The Kier molecular flexibility index (Phi) is 4.75. The van der Waals surface area contributed by atoms with Crippen LogP contribution in [0.15, 0.2) is 24.3 Å². The number of benzene rings is 1. The maximum atomic E-state index is 10.4. The molecule has 0 heterocycles. The first kappa shape index (κ1) is 12.3. The summed E-state index contributed by atoms with van der Waals surface area (Å²) in [6.07, 6.45) is 6.47. The molecule has 0 spiro atoms. The molecular formula is C15H20O2. The van der Waals surface area contributed by atoms with E-state index in [1.165, 1.54) is 24.8 Å². The predicted octanol–water partition coefficient (Wildman–Crippen LogP) is 2.79. The molecule has 0 saturated heterocycles. The van der Waals surface area contributed by atoms with Crippen LogP contribution in [0.3, 0.4) is 0 Å². The monoisotopic (exact) mass is 232 g/mol. The van der Waals surface area contributed by atoms with Crippen LogP contribution in [0.2, 0.25) is 0 Å². The third-order valence-corrected chi connectivity index (χ3v) is 3.42. The molecule has 0 atom stereocenters. The van der Waals surface area contributed by atoms with Gasteiger partial charge in [0, 0.05) is 13.0 Å². The minimum Gasteiger partial charge on any atom is -0.381 e. The summed E-state index contributed by atoms with van der Waals surface area (Å²) in [5.74, 6) is 0.816. The summed E-state index contributed by atoms with van der Waals surface area (Å²) < 4.78 is 5.67. The van der Waals surface area contributed by atoms with Gasteiger partial charge in [-0.25, -0.2) is 0 Å². The minimum absolute atomic E-state index is 0.511. The van der Waals surface area contributed by atoms with Crippen molar-refractivity contribution in [3.63, 3.8) is 0 Å². The molecule has 0 N–H and O–H groups in total. The molecule has 1 aromatic carbocycles. The Morgan fingerprint density at radius 2 is 2.12 bits per heavy atom. The maximum Gasteiger partial charge on any atom is 0.124 e. The van der Waals surface area contributed by atoms with Gasteiger partial charge in [0.2, 0.25) is 0 Å². The SMILES string of the molecule is O=CCc1cccc(CCOCC2CCC2)c1. The normalized spacial score (nSPS) is 15.5. The van der Waals surface area contributed by atoms with Gasteiger partial charge in [-0.3, -0.25) is 0 Å². The summed E-state index contributed by atoms with van der Waals surface area (Å²) in [6.45, 7) is 1.72. The first-order chi connectivity index (χ1) is 8.38. The zero-order valence-corrected chi connectivity index (χ0v) is 10.2. The van der Waals surface area contributed by atoms with E-state index in [1.54, 1.807) is 0 Å². The number of hydrogen-bond acceptors (Lipinski definition) is 2. The van der Waals surface area contributed by atoms with Crippen LogP contribution >= 0.6 is 0 Å². The molecule has 0 bridgehead atoms. The summed E-state index contributed by atoms with van der Waals surface area (Å²) >= 11 is 0. The molecule has 1 aliphatic rings. The molecule has 0 radical (unpaired) electrons. The van der Waals surface area contributed by atoms with E-state index in [0.717, 1.165) is 37.4 Å². The van der Waals surface area contributed by atoms with E-state index >= 15 is 0 Å². The van der Waals surface area contributed by atoms with Crippen LogP contribution in [0.4, 0.5) is 0 Å². The highest BCUT2D eigenvalue weighted by Crippen LogP contribution is 2.26. The lowest BCUT2D eigenvalue weighted by Gasteiger charge is -2.24. The third-order valence-electron chi connectivity index (χ3n) is 3.42. The van der Waals surface area contributed by atoms with Crippen molar-refractivity contribution in [3.8, 4) is 0 Å². The molecule has 17 heavy (non-hydrogen) atoms. The second kappa shape index (κ2) is 6.55. The van der Waals surface area contributed by atoms with E-state index in [1.807, 2.05) is 12.1 Å². The van der Waals surface area contributed by atoms with Gasteiger partial charge in [-0.2, -0.15) is 0 Å². The van der Waals surface area contributed by atoms with Crippen molar-refractivity contribution in [1.82, 2.24) is 0 Å². The highest BCUT2D eigenvalue weighted by atomic mass is 16.5. The highest BCUT2D eigenvalue weighted by molar-refractivity contribution is 5.55. The molecular weight excluding hydrogens is 212 g/mol. The Morgan fingerprint density at radius 1 is 1.29 bits per heavy atom. The molecule has 1 aromatic rings. The van der Waals surface area contributed by atoms with Gasteiger partial charge in [-0.05, 0) is 36.3 Å². The van der Waals surface area contributed by atoms with E-state index in [-0.39, 0.29) is 0 Å². The standard InChI is InChI=1S/C15H20O2/c16-9-7-13-3-1-4-14(11-13)8-10-17-12-15-5-2-6-15/h1,3-4,9,11,15H,2,5-8,10,12H2. The summed E-state index contributed by atoms with van der Waals surface area (Å²) in [5.41, 5.74) is 2.36. The number of carbonyl (C=O) groups excluding carboxylic acids is 1. The van der Waals surface area contributed by atoms with Crippen molar-refractivity contribution in [2.45, 2.75) is 32.1 Å². The Hall–Kier alpha value is -1.15. The zero-order valence-electron chi connectivity index (χ0n) is 10.2. The van der Waals surface area contributed by atoms with E-state index in [2.05, 4.69) is 12.1 Å². The van der Waals surface area contributed by atoms with Gasteiger partial charge in [0.15, 0.2) is 0 Å². The number of aldehydes is 1. The third kappa shape index (κ3) is 3.97. The summed E-state index contributed by atoms with van der Waals surface area (Å²) in [6, 6.07) is 8.20. The van der Waals surface area contributed by atoms with Crippen molar-refractivity contribution in [3.05, 3.63) is 35.4 Å². The fourth-order valence-corrected chi connectivity index (χ4v) is 2.11. The second-order valence-electron chi connectivity index (χ2n) is 4.81. The van der Waals surface area contributed by atoms with E-state index < -0.39 is 0 Å². The molecule has 0 aromatic heterocycles. The molecule has 1 fully saturated rings. The Bertz CT molecular complexity index is 356. The predicted molar refractivity (Wildman–Crippen MR) is 68.1 cm³/mol. The van der Waals surface area contributed by atoms with Crippen molar-refractivity contribution in [2.24, 2.45) is 5.92 Å². The van der Waals surface area contributed by atoms with Crippen LogP contribution in [0.1, 0.15) is 30.4 Å². The number of rotatable bonds is 7. The van der Waals surface area contributed by atoms with Crippen LogP contribution in [0.5, 0.6) is 0 Å². The average Bonchev–Trinajstić information content (AvgIpc) is 2.27. The fraction of sp³-hybridized carbons (Fsp3) is 0.533. The number of carbonyl (C=O) groups is 1. The van der Waals surface area contributed by atoms with Crippen LogP contribution in [0.25, 0.3) is 0 Å². The molecule has 0 aliphatic heterocycles. The van der Waals surface area contributed by atoms with Gasteiger partial charge < -0.3 is 9.53 Å². The Morgan fingerprint density at radius 3 is 2.82 bits per heavy atom. The number of hydrogen-bond donors (Lipinski definition) is 0. The zero-order chi connectivity index (χ0) is 11.9. The molecule has 1 saturated carbocycles. The summed E-state index contributed by atoms with van der Waals surface area (Å²) in [5, 5.41) is 0. The summed E-state index contributed by atoms with van der Waals surface area (Å²) in [4.78, 5) is 10.4. The lowest BCUT2D eigenvalue weighted by molar-refractivity contribution is -0.107. The van der Waals surface area contributed by atoms with Gasteiger partial charge in [0.25, 0.3) is 0 Å². The van der Waals surface area contributed by atoms with Crippen LogP contribution < -0.4 is 0 Å². The first-order valence-corrected chi connectivity index (χ1v) is 6.47. The lowest BCUT2D eigenvalue weighted by atomic mass is 9.86. The molecule has 0 unspecified atom stereocenters. The lowest BCUT2D eigenvalue weighted by Crippen LogP contribution is -2.18.